The van der Waals surface area contributed by atoms with E-state index in [0.717, 1.165) is 0 Å². The predicted molar refractivity (Wildman–Crippen MR) is 73.7 cm³/mol. The largest absolute Gasteiger partial charge is 0.369 e. The van der Waals surface area contributed by atoms with E-state index in [1.54, 1.807) is 13.1 Å². The van der Waals surface area contributed by atoms with Gasteiger partial charge in [0.05, 0.1) is 23.8 Å². The lowest BCUT2D eigenvalue weighted by Gasteiger charge is -1.96. The van der Waals surface area contributed by atoms with Gasteiger partial charge in [-0.3, -0.25) is 4.99 Å². The van der Waals surface area contributed by atoms with E-state index in [-0.39, 0.29) is 11.9 Å². The van der Waals surface area contributed by atoms with E-state index in [1.165, 1.54) is 18.8 Å². The molecule has 7 N–H and O–H groups in total. The number of hydrogen-bond donors (Lipinski definition) is 4. The smallest absolute Gasteiger partial charge is 0.211 e. The highest BCUT2D eigenvalue weighted by molar-refractivity contribution is 5.84. The maximum atomic E-state index is 5.39. The Labute approximate surface area is 109 Å². The summed E-state index contributed by atoms with van der Waals surface area (Å²) in [5.74, 6) is 0.0606. The Hall–Kier alpha value is -3.04. The molecule has 100 valence electrons. The Morgan fingerprint density at radius 1 is 1.21 bits per heavy atom. The standard InChI is InChI=1S/C9H14N10/c1-13-9(12)19-17-4-7-2-6(14-5-15-7)3-16-18-8(10)11/h2-5H,1H3,(H4,10,11,18)(H3,12,13,19)/b16-3+,17-4+. The fourth-order valence-electron chi connectivity index (χ4n) is 0.899. The van der Waals surface area contributed by atoms with Crippen molar-refractivity contribution in [1.82, 2.24) is 15.4 Å². The van der Waals surface area contributed by atoms with Crippen molar-refractivity contribution in [3.63, 3.8) is 0 Å². The zero-order valence-electron chi connectivity index (χ0n) is 10.2. The molecule has 1 aromatic heterocycles. The molecule has 0 aromatic carbocycles. The van der Waals surface area contributed by atoms with Gasteiger partial charge in [-0.2, -0.15) is 10.2 Å². The fourth-order valence-corrected chi connectivity index (χ4v) is 0.899. The van der Waals surface area contributed by atoms with Crippen LogP contribution in [0.3, 0.4) is 0 Å². The Balaban J connectivity index is 2.72. The van der Waals surface area contributed by atoms with Gasteiger partial charge in [0.2, 0.25) is 11.9 Å². The van der Waals surface area contributed by atoms with Gasteiger partial charge >= 0.3 is 0 Å². The van der Waals surface area contributed by atoms with Crippen molar-refractivity contribution in [2.24, 2.45) is 37.5 Å². The number of rotatable bonds is 4. The number of hydrogen-bond acceptors (Lipinski definition) is 6. The molecule has 0 unspecified atom stereocenters. The average Bonchev–Trinajstić information content (AvgIpc) is 2.38. The second-order valence-corrected chi connectivity index (χ2v) is 3.12. The van der Waals surface area contributed by atoms with Crippen LogP contribution in [-0.2, 0) is 0 Å². The molecule has 0 aliphatic carbocycles. The van der Waals surface area contributed by atoms with Gasteiger partial charge < -0.3 is 17.2 Å². The normalized spacial score (nSPS) is 11.9. The summed E-state index contributed by atoms with van der Waals surface area (Å²) in [6.07, 6.45) is 4.20. The summed E-state index contributed by atoms with van der Waals surface area (Å²) in [6, 6.07) is 1.64. The van der Waals surface area contributed by atoms with Crippen molar-refractivity contribution in [3.05, 3.63) is 23.8 Å². The van der Waals surface area contributed by atoms with E-state index in [2.05, 4.69) is 35.7 Å². The second-order valence-electron chi connectivity index (χ2n) is 3.12. The lowest BCUT2D eigenvalue weighted by atomic mass is 10.3. The van der Waals surface area contributed by atoms with Gasteiger partial charge in [-0.05, 0) is 6.07 Å². The summed E-state index contributed by atoms with van der Waals surface area (Å²) in [4.78, 5) is 11.6. The molecule has 19 heavy (non-hydrogen) atoms. The van der Waals surface area contributed by atoms with Gasteiger partial charge in [-0.1, -0.05) is 0 Å². The first-order valence-corrected chi connectivity index (χ1v) is 5.07. The fraction of sp³-hybridized carbons (Fsp3) is 0.111. The summed E-state index contributed by atoms with van der Waals surface area (Å²) >= 11 is 0. The maximum absolute atomic E-state index is 5.39. The van der Waals surface area contributed by atoms with Crippen LogP contribution in [0.1, 0.15) is 11.4 Å². The molecule has 0 bridgehead atoms. The minimum Gasteiger partial charge on any atom is -0.369 e. The van der Waals surface area contributed by atoms with Crippen molar-refractivity contribution < 1.29 is 0 Å². The predicted octanol–water partition coefficient (Wildman–Crippen LogP) is -2.05. The van der Waals surface area contributed by atoms with Crippen LogP contribution >= 0.6 is 0 Å². The summed E-state index contributed by atoms with van der Waals surface area (Å²) in [7, 11) is 1.54. The quantitative estimate of drug-likeness (QED) is 0.277. The maximum Gasteiger partial charge on any atom is 0.211 e. The van der Waals surface area contributed by atoms with E-state index in [0.29, 0.717) is 11.4 Å². The van der Waals surface area contributed by atoms with Gasteiger partial charge in [0.1, 0.15) is 6.33 Å². The van der Waals surface area contributed by atoms with Crippen molar-refractivity contribution >= 4 is 24.3 Å². The number of guanidine groups is 2. The number of aromatic nitrogens is 2. The summed E-state index contributed by atoms with van der Waals surface area (Å²) in [6.45, 7) is 0. The molecule has 0 saturated carbocycles. The summed E-state index contributed by atoms with van der Waals surface area (Å²) in [5.41, 5.74) is 19.2. The van der Waals surface area contributed by atoms with Crippen LogP contribution in [0.4, 0.5) is 0 Å². The summed E-state index contributed by atoms with van der Waals surface area (Å²) in [5, 5.41) is 10.9. The molecular formula is C9H14N10. The molecule has 0 aliphatic rings. The van der Waals surface area contributed by atoms with Crippen LogP contribution in [0.2, 0.25) is 0 Å². The average molecular weight is 262 g/mol. The first kappa shape index (κ1) is 14.0. The molecule has 0 radical (unpaired) electrons. The van der Waals surface area contributed by atoms with Gasteiger partial charge in [0, 0.05) is 7.05 Å². The van der Waals surface area contributed by atoms with Gasteiger partial charge in [0.15, 0.2) is 0 Å². The van der Waals surface area contributed by atoms with Crippen molar-refractivity contribution in [3.8, 4) is 0 Å². The zero-order chi connectivity index (χ0) is 14.1. The number of nitrogens with zero attached hydrogens (tertiary/aromatic N) is 6. The van der Waals surface area contributed by atoms with E-state index in [9.17, 15) is 0 Å². The van der Waals surface area contributed by atoms with E-state index in [1.807, 2.05) is 0 Å². The van der Waals surface area contributed by atoms with Crippen LogP contribution in [0, 0.1) is 0 Å². The first-order chi connectivity index (χ1) is 9.11. The molecule has 1 heterocycles. The van der Waals surface area contributed by atoms with Gasteiger partial charge in [0.25, 0.3) is 0 Å². The third-order valence-corrected chi connectivity index (χ3v) is 1.69. The number of nitrogens with one attached hydrogen (secondary N) is 1. The van der Waals surface area contributed by atoms with Crippen LogP contribution in [0.15, 0.2) is 32.7 Å². The SMILES string of the molecule is CN=C(N)N/N=C/c1cc(/C=N/N=C(N)N)ncn1. The molecular weight excluding hydrogens is 248 g/mol. The second kappa shape index (κ2) is 7.32. The lowest BCUT2D eigenvalue weighted by molar-refractivity contribution is 1.00. The molecule has 10 heteroatoms. The Kier molecular flexibility index (Phi) is 5.40. The molecule has 0 fully saturated rings. The van der Waals surface area contributed by atoms with Crippen molar-refractivity contribution in [1.29, 1.82) is 0 Å². The highest BCUT2D eigenvalue weighted by Crippen LogP contribution is 1.93. The Morgan fingerprint density at radius 3 is 2.53 bits per heavy atom. The molecule has 0 amide bonds. The Morgan fingerprint density at radius 2 is 1.89 bits per heavy atom. The third kappa shape index (κ3) is 5.72. The number of aliphatic imine (C=N–C) groups is 1. The van der Waals surface area contributed by atoms with Crippen molar-refractivity contribution in [2.45, 2.75) is 0 Å². The zero-order valence-corrected chi connectivity index (χ0v) is 10.2. The topological polar surface area (TPSA) is 165 Å². The van der Waals surface area contributed by atoms with E-state index >= 15 is 0 Å². The van der Waals surface area contributed by atoms with Crippen LogP contribution in [-0.4, -0.2) is 41.4 Å². The Bertz CT molecular complexity index is 526. The molecule has 0 saturated heterocycles. The van der Waals surface area contributed by atoms with Crippen LogP contribution in [0.5, 0.6) is 0 Å². The minimum absolute atomic E-state index is 0.134. The monoisotopic (exact) mass is 262 g/mol. The van der Waals surface area contributed by atoms with Crippen LogP contribution < -0.4 is 22.6 Å². The lowest BCUT2D eigenvalue weighted by Crippen LogP contribution is -2.26. The number of nitrogens with two attached hydrogens (primary N) is 3. The van der Waals surface area contributed by atoms with Crippen LogP contribution in [0.25, 0.3) is 0 Å². The molecule has 1 rings (SSSR count). The highest BCUT2D eigenvalue weighted by Gasteiger charge is 1.94. The molecule has 0 aliphatic heterocycles. The first-order valence-electron chi connectivity index (χ1n) is 5.07. The van der Waals surface area contributed by atoms with Crippen molar-refractivity contribution in [2.75, 3.05) is 7.05 Å². The molecule has 10 nitrogen and oxygen atoms in total. The summed E-state index contributed by atoms with van der Waals surface area (Å²) < 4.78 is 0. The molecule has 1 aromatic rings. The number of hydrazone groups is 1. The van der Waals surface area contributed by atoms with E-state index in [4.69, 9.17) is 17.2 Å². The van der Waals surface area contributed by atoms with Gasteiger partial charge in [-0.25, -0.2) is 15.4 Å². The highest BCUT2D eigenvalue weighted by atomic mass is 15.3. The van der Waals surface area contributed by atoms with E-state index < -0.39 is 0 Å². The molecule has 0 atom stereocenters. The third-order valence-electron chi connectivity index (χ3n) is 1.69. The molecule has 0 spiro atoms. The minimum atomic E-state index is -0.134. The van der Waals surface area contributed by atoms with Gasteiger partial charge in [-0.15, -0.1) is 5.10 Å².